The minimum Gasteiger partial charge on any atom is -0.379 e. The van der Waals surface area contributed by atoms with Gasteiger partial charge in [-0.25, -0.2) is 0 Å². The molecule has 0 bridgehead atoms. The lowest BCUT2D eigenvalue weighted by Gasteiger charge is -2.27. The van der Waals surface area contributed by atoms with Crippen LogP contribution in [0.5, 0.6) is 0 Å². The molecular formula is C9H15NO2. The molecule has 3 nitrogen and oxygen atoms in total. The molecule has 0 amide bonds. The van der Waals surface area contributed by atoms with Crippen LogP contribution in [-0.2, 0) is 9.53 Å². The Hall–Kier alpha value is -0.410. The molecule has 68 valence electrons. The second-order valence-electron chi connectivity index (χ2n) is 3.84. The van der Waals surface area contributed by atoms with Gasteiger partial charge in [-0.3, -0.25) is 4.79 Å². The molecule has 2 unspecified atom stereocenters. The monoisotopic (exact) mass is 169 g/mol. The van der Waals surface area contributed by atoms with Gasteiger partial charge in [-0.2, -0.15) is 0 Å². The van der Waals surface area contributed by atoms with Gasteiger partial charge in [-0.15, -0.1) is 0 Å². The lowest BCUT2D eigenvalue weighted by Crippen LogP contribution is -2.39. The van der Waals surface area contributed by atoms with Gasteiger partial charge >= 0.3 is 0 Å². The van der Waals surface area contributed by atoms with Crippen LogP contribution in [0.4, 0.5) is 0 Å². The van der Waals surface area contributed by atoms with E-state index in [2.05, 4.69) is 0 Å². The van der Waals surface area contributed by atoms with Gasteiger partial charge in [0.1, 0.15) is 5.78 Å². The van der Waals surface area contributed by atoms with Gasteiger partial charge in [0.2, 0.25) is 0 Å². The number of nitrogens with two attached hydrogens (primary N) is 1. The van der Waals surface area contributed by atoms with Crippen molar-refractivity contribution in [1.29, 1.82) is 0 Å². The third-order valence-corrected chi connectivity index (χ3v) is 3.00. The maximum absolute atomic E-state index is 11.7. The van der Waals surface area contributed by atoms with Gasteiger partial charge in [-0.05, 0) is 12.8 Å². The molecule has 0 aromatic carbocycles. The Bertz CT molecular complexity index is 189. The number of ketones is 1. The minimum absolute atomic E-state index is 0.00435. The Morgan fingerprint density at radius 1 is 1.33 bits per heavy atom. The number of ether oxygens (including phenoxy) is 1. The number of carbonyl (C=O) groups is 1. The van der Waals surface area contributed by atoms with Crippen LogP contribution < -0.4 is 5.73 Å². The molecule has 1 aliphatic heterocycles. The van der Waals surface area contributed by atoms with Crippen molar-refractivity contribution >= 4 is 5.78 Å². The molecule has 2 atom stereocenters. The van der Waals surface area contributed by atoms with E-state index in [4.69, 9.17) is 10.5 Å². The fraction of sp³-hybridized carbons (Fsp3) is 0.889. The first-order valence-corrected chi connectivity index (χ1v) is 4.66. The quantitative estimate of drug-likeness (QED) is 0.648. The van der Waals surface area contributed by atoms with Crippen LogP contribution in [0.1, 0.15) is 19.3 Å². The molecule has 3 heteroatoms. The molecule has 2 rings (SSSR count). The van der Waals surface area contributed by atoms with Gasteiger partial charge in [0.15, 0.2) is 0 Å². The van der Waals surface area contributed by atoms with Crippen molar-refractivity contribution in [2.24, 2.45) is 17.6 Å². The first kappa shape index (κ1) is 8.20. The molecule has 0 spiro atoms. The number of Topliss-reactive ketones (excluding diaryl/α,β-unsaturated/α-hetero) is 1. The van der Waals surface area contributed by atoms with Gasteiger partial charge in [0.05, 0.1) is 19.1 Å². The van der Waals surface area contributed by atoms with Crippen LogP contribution in [0.3, 0.4) is 0 Å². The summed E-state index contributed by atoms with van der Waals surface area (Å²) in [5, 5.41) is 0. The van der Waals surface area contributed by atoms with Crippen molar-refractivity contribution in [2.45, 2.75) is 25.3 Å². The van der Waals surface area contributed by atoms with E-state index in [1.165, 1.54) is 6.42 Å². The summed E-state index contributed by atoms with van der Waals surface area (Å²) in [5.41, 5.74) is 5.75. The van der Waals surface area contributed by atoms with Crippen molar-refractivity contribution in [3.8, 4) is 0 Å². The van der Waals surface area contributed by atoms with Crippen molar-refractivity contribution in [2.75, 3.05) is 13.2 Å². The number of carbonyl (C=O) groups excluding carboxylic acids is 1. The molecule has 0 radical (unpaired) electrons. The predicted octanol–water partition coefficient (Wildman–Crippen LogP) is 0.329. The molecule has 2 N–H and O–H groups in total. The maximum atomic E-state index is 11.7. The van der Waals surface area contributed by atoms with E-state index in [1.807, 2.05) is 0 Å². The van der Waals surface area contributed by atoms with Crippen LogP contribution >= 0.6 is 0 Å². The summed E-state index contributed by atoms with van der Waals surface area (Å²) in [4.78, 5) is 11.7. The average Bonchev–Trinajstić information content (AvgIpc) is 2.31. The third-order valence-electron chi connectivity index (χ3n) is 3.00. The molecule has 0 aromatic rings. The van der Waals surface area contributed by atoms with Crippen LogP contribution in [0.15, 0.2) is 0 Å². The smallest absolute Gasteiger partial charge is 0.142 e. The van der Waals surface area contributed by atoms with Crippen LogP contribution in [0.25, 0.3) is 0 Å². The van der Waals surface area contributed by atoms with Crippen molar-refractivity contribution in [3.05, 3.63) is 0 Å². The first-order chi connectivity index (χ1) is 5.79. The fourth-order valence-electron chi connectivity index (χ4n) is 1.86. The first-order valence-electron chi connectivity index (χ1n) is 4.66. The van der Waals surface area contributed by atoms with Gasteiger partial charge in [0, 0.05) is 12.0 Å². The topological polar surface area (TPSA) is 52.3 Å². The predicted molar refractivity (Wildman–Crippen MR) is 44.6 cm³/mol. The Labute approximate surface area is 72.3 Å². The Balaban J connectivity index is 1.93. The third kappa shape index (κ3) is 1.27. The van der Waals surface area contributed by atoms with E-state index in [-0.39, 0.29) is 12.0 Å². The summed E-state index contributed by atoms with van der Waals surface area (Å²) < 4.78 is 5.16. The molecule has 1 heterocycles. The van der Waals surface area contributed by atoms with E-state index >= 15 is 0 Å². The van der Waals surface area contributed by atoms with E-state index in [9.17, 15) is 4.79 Å². The summed E-state index contributed by atoms with van der Waals surface area (Å²) in [7, 11) is 0. The summed E-state index contributed by atoms with van der Waals surface area (Å²) in [6.45, 7) is 1.11. The lowest BCUT2D eigenvalue weighted by molar-refractivity contribution is -0.129. The zero-order valence-electron chi connectivity index (χ0n) is 7.16. The van der Waals surface area contributed by atoms with Crippen LogP contribution in [0.2, 0.25) is 0 Å². The summed E-state index contributed by atoms with van der Waals surface area (Å²) >= 11 is 0. The number of rotatable bonds is 2. The molecule has 1 saturated carbocycles. The normalized spacial score (nSPS) is 36.4. The van der Waals surface area contributed by atoms with Gasteiger partial charge in [0.25, 0.3) is 0 Å². The lowest BCUT2D eigenvalue weighted by atomic mass is 9.77. The summed E-state index contributed by atoms with van der Waals surface area (Å²) in [6.07, 6.45) is 3.35. The van der Waals surface area contributed by atoms with E-state index in [0.29, 0.717) is 24.9 Å². The minimum atomic E-state index is -0.0434. The maximum Gasteiger partial charge on any atom is 0.142 e. The summed E-state index contributed by atoms with van der Waals surface area (Å²) in [5.74, 6) is 0.657. The van der Waals surface area contributed by atoms with Crippen LogP contribution in [0, 0.1) is 11.8 Å². The van der Waals surface area contributed by atoms with Crippen molar-refractivity contribution < 1.29 is 9.53 Å². The average molecular weight is 169 g/mol. The fourth-order valence-corrected chi connectivity index (χ4v) is 1.86. The molecule has 12 heavy (non-hydrogen) atoms. The molecule has 1 aliphatic carbocycles. The van der Waals surface area contributed by atoms with Gasteiger partial charge in [-0.1, -0.05) is 6.42 Å². The molecule has 2 aliphatic rings. The zero-order chi connectivity index (χ0) is 8.55. The Morgan fingerprint density at radius 3 is 2.50 bits per heavy atom. The van der Waals surface area contributed by atoms with E-state index in [1.54, 1.807) is 0 Å². The Morgan fingerprint density at radius 2 is 2.08 bits per heavy atom. The highest BCUT2D eigenvalue weighted by Gasteiger charge is 2.37. The number of hydrogen-bond donors (Lipinski definition) is 1. The highest BCUT2D eigenvalue weighted by Crippen LogP contribution is 2.31. The van der Waals surface area contributed by atoms with Crippen molar-refractivity contribution in [3.63, 3.8) is 0 Å². The largest absolute Gasteiger partial charge is 0.379 e. The molecular weight excluding hydrogens is 154 g/mol. The molecule has 0 aromatic heterocycles. The van der Waals surface area contributed by atoms with Crippen molar-refractivity contribution in [1.82, 2.24) is 0 Å². The van der Waals surface area contributed by atoms with Crippen LogP contribution in [-0.4, -0.2) is 25.0 Å². The van der Waals surface area contributed by atoms with E-state index in [0.717, 1.165) is 12.8 Å². The second kappa shape index (κ2) is 3.15. The second-order valence-corrected chi connectivity index (χ2v) is 3.84. The number of hydrogen-bond acceptors (Lipinski definition) is 3. The van der Waals surface area contributed by atoms with E-state index < -0.39 is 0 Å². The zero-order valence-corrected chi connectivity index (χ0v) is 7.16. The SMILES string of the molecule is NC1COCC1C(=O)C1CCC1. The highest BCUT2D eigenvalue weighted by atomic mass is 16.5. The highest BCUT2D eigenvalue weighted by molar-refractivity contribution is 5.85. The molecule has 1 saturated heterocycles. The summed E-state index contributed by atoms with van der Waals surface area (Å²) in [6, 6.07) is -0.0434. The molecule has 2 fully saturated rings. The van der Waals surface area contributed by atoms with Gasteiger partial charge < -0.3 is 10.5 Å². The standard InChI is InChI=1S/C9H15NO2/c10-8-5-12-4-7(8)9(11)6-2-1-3-6/h6-8H,1-5,10H2. The Kier molecular flexibility index (Phi) is 2.15.